The van der Waals surface area contributed by atoms with Crippen LogP contribution in [0, 0.1) is 13.8 Å². The molecule has 0 saturated heterocycles. The van der Waals surface area contributed by atoms with Gasteiger partial charge in [-0.2, -0.15) is 0 Å². The molecule has 1 amide bonds. The third-order valence-electron chi connectivity index (χ3n) is 4.74. The minimum atomic E-state index is -0.811. The number of hydrogen-bond donors (Lipinski definition) is 1. The van der Waals surface area contributed by atoms with Crippen molar-refractivity contribution in [1.29, 1.82) is 0 Å². The average Bonchev–Trinajstić information content (AvgIpc) is 3.07. The smallest absolute Gasteiger partial charge is 0.412 e. The normalized spacial score (nSPS) is 18.6. The predicted octanol–water partition coefficient (Wildman–Crippen LogP) is 4.39. The van der Waals surface area contributed by atoms with E-state index in [1.165, 1.54) is 0 Å². The van der Waals surface area contributed by atoms with Gasteiger partial charge in [-0.05, 0) is 63.6 Å². The van der Waals surface area contributed by atoms with Crippen LogP contribution in [0.4, 0.5) is 4.79 Å². The Bertz CT molecular complexity index is 740. The van der Waals surface area contributed by atoms with E-state index in [2.05, 4.69) is 21.2 Å². The third kappa shape index (κ3) is 3.19. The molecule has 2 aliphatic rings. The molecule has 0 bridgehead atoms. The fraction of sp³-hybridized carbons (Fsp3) is 0.474. The molecule has 25 heavy (non-hydrogen) atoms. The van der Waals surface area contributed by atoms with Crippen LogP contribution in [0.25, 0.3) is 5.57 Å². The number of alkyl carbamates (subject to hydrolysis) is 1. The number of benzene rings is 1. The molecule has 1 heterocycles. The molecule has 1 fully saturated rings. The number of aryl methyl sites for hydroxylation is 2. The maximum Gasteiger partial charge on any atom is 0.412 e. The Labute approximate surface area is 155 Å². The van der Waals surface area contributed by atoms with E-state index in [0.717, 1.165) is 34.0 Å². The van der Waals surface area contributed by atoms with Gasteiger partial charge in [-0.3, -0.25) is 0 Å². The highest BCUT2D eigenvalue weighted by Crippen LogP contribution is 2.49. The first kappa shape index (κ1) is 18.0. The van der Waals surface area contributed by atoms with Crippen molar-refractivity contribution in [2.45, 2.75) is 52.1 Å². The quantitative estimate of drug-likeness (QED) is 0.754. The van der Waals surface area contributed by atoms with E-state index in [0.29, 0.717) is 30.7 Å². The average molecular weight is 408 g/mol. The zero-order chi connectivity index (χ0) is 18.2. The van der Waals surface area contributed by atoms with Crippen LogP contribution in [0.2, 0.25) is 0 Å². The van der Waals surface area contributed by atoms with Crippen molar-refractivity contribution in [3.05, 3.63) is 39.1 Å². The van der Waals surface area contributed by atoms with Gasteiger partial charge in [0.1, 0.15) is 5.57 Å². The van der Waals surface area contributed by atoms with Gasteiger partial charge in [0.05, 0.1) is 0 Å². The molecule has 0 aromatic heterocycles. The lowest BCUT2D eigenvalue weighted by Gasteiger charge is -2.24. The van der Waals surface area contributed by atoms with Gasteiger partial charge in [0.15, 0.2) is 11.4 Å². The molecule has 134 valence electrons. The van der Waals surface area contributed by atoms with Crippen LogP contribution < -0.4 is 5.32 Å². The van der Waals surface area contributed by atoms with Gasteiger partial charge < -0.3 is 14.8 Å². The Balaban J connectivity index is 2.17. The van der Waals surface area contributed by atoms with Crippen LogP contribution in [0.1, 0.15) is 49.3 Å². The lowest BCUT2D eigenvalue weighted by molar-refractivity contribution is -0.146. The third-order valence-corrected chi connectivity index (χ3v) is 5.37. The summed E-state index contributed by atoms with van der Waals surface area (Å²) in [5.74, 6) is -0.0672. The van der Waals surface area contributed by atoms with Crippen LogP contribution >= 0.6 is 15.9 Å². The zero-order valence-corrected chi connectivity index (χ0v) is 16.3. The summed E-state index contributed by atoms with van der Waals surface area (Å²) in [6.45, 7) is 6.21. The van der Waals surface area contributed by atoms with E-state index in [1.807, 2.05) is 32.9 Å². The molecule has 0 unspecified atom stereocenters. The summed E-state index contributed by atoms with van der Waals surface area (Å²) in [5.41, 5.74) is 2.30. The number of carbonyl (C=O) groups excluding carboxylic acids is 2. The molecule has 1 spiro atoms. The Kier molecular flexibility index (Phi) is 4.91. The number of esters is 1. The Morgan fingerprint density at radius 2 is 2.00 bits per heavy atom. The van der Waals surface area contributed by atoms with E-state index in [9.17, 15) is 9.59 Å². The molecule has 1 aromatic rings. The van der Waals surface area contributed by atoms with Crippen molar-refractivity contribution in [3.8, 4) is 0 Å². The number of amides is 1. The number of halogens is 1. The molecule has 0 radical (unpaired) electrons. The van der Waals surface area contributed by atoms with E-state index >= 15 is 0 Å². The molecule has 1 aromatic carbocycles. The Hall–Kier alpha value is -1.82. The molecule has 1 saturated carbocycles. The second kappa shape index (κ2) is 6.83. The lowest BCUT2D eigenvalue weighted by atomic mass is 9.93. The SMILES string of the molecule is CCNC(=O)OC1=C(c2c(C)cc(C)cc2Br)C(=O)OC12CCCC2. The van der Waals surface area contributed by atoms with E-state index < -0.39 is 17.7 Å². The summed E-state index contributed by atoms with van der Waals surface area (Å²) in [6, 6.07) is 3.95. The first-order chi connectivity index (χ1) is 11.9. The van der Waals surface area contributed by atoms with Gasteiger partial charge in [-0.25, -0.2) is 9.59 Å². The number of hydrogen-bond acceptors (Lipinski definition) is 4. The maximum absolute atomic E-state index is 12.8. The predicted molar refractivity (Wildman–Crippen MR) is 98.0 cm³/mol. The highest BCUT2D eigenvalue weighted by Gasteiger charge is 2.52. The summed E-state index contributed by atoms with van der Waals surface area (Å²) in [5, 5.41) is 2.63. The first-order valence-corrected chi connectivity index (χ1v) is 9.38. The van der Waals surface area contributed by atoms with E-state index in [4.69, 9.17) is 9.47 Å². The molecule has 0 atom stereocenters. The first-order valence-electron chi connectivity index (χ1n) is 8.59. The molecular formula is C19H22BrNO4. The maximum atomic E-state index is 12.8. The zero-order valence-electron chi connectivity index (χ0n) is 14.7. The van der Waals surface area contributed by atoms with Gasteiger partial charge in [0, 0.05) is 16.6 Å². The van der Waals surface area contributed by atoms with Crippen molar-refractivity contribution < 1.29 is 19.1 Å². The molecule has 5 nitrogen and oxygen atoms in total. The van der Waals surface area contributed by atoms with Crippen molar-refractivity contribution in [2.75, 3.05) is 6.54 Å². The number of ether oxygens (including phenoxy) is 2. The van der Waals surface area contributed by atoms with Crippen molar-refractivity contribution in [2.24, 2.45) is 0 Å². The minimum Gasteiger partial charge on any atom is -0.447 e. The summed E-state index contributed by atoms with van der Waals surface area (Å²) < 4.78 is 12.2. The number of nitrogens with one attached hydrogen (secondary N) is 1. The van der Waals surface area contributed by atoms with E-state index in [1.54, 1.807) is 0 Å². The number of carbonyl (C=O) groups is 2. The van der Waals surface area contributed by atoms with Crippen LogP contribution in [0.5, 0.6) is 0 Å². The lowest BCUT2D eigenvalue weighted by Crippen LogP contribution is -2.33. The molecular weight excluding hydrogens is 386 g/mol. The largest absolute Gasteiger partial charge is 0.447 e. The van der Waals surface area contributed by atoms with Gasteiger partial charge in [-0.15, -0.1) is 0 Å². The fourth-order valence-corrected chi connectivity index (χ4v) is 4.61. The van der Waals surface area contributed by atoms with Gasteiger partial charge in [-0.1, -0.05) is 22.0 Å². The summed E-state index contributed by atoms with van der Waals surface area (Å²) in [7, 11) is 0. The summed E-state index contributed by atoms with van der Waals surface area (Å²) >= 11 is 3.56. The van der Waals surface area contributed by atoms with Gasteiger partial charge in [0.25, 0.3) is 0 Å². The number of rotatable bonds is 3. The molecule has 1 N–H and O–H groups in total. The molecule has 1 aliphatic heterocycles. The highest BCUT2D eigenvalue weighted by atomic mass is 79.9. The second-order valence-corrected chi connectivity index (χ2v) is 7.51. The Morgan fingerprint density at radius 1 is 1.32 bits per heavy atom. The van der Waals surface area contributed by atoms with Crippen molar-refractivity contribution in [3.63, 3.8) is 0 Å². The molecule has 6 heteroatoms. The monoisotopic (exact) mass is 407 g/mol. The Morgan fingerprint density at radius 3 is 2.60 bits per heavy atom. The fourth-order valence-electron chi connectivity index (χ4n) is 3.74. The van der Waals surface area contributed by atoms with Crippen LogP contribution in [0.15, 0.2) is 22.4 Å². The van der Waals surface area contributed by atoms with E-state index in [-0.39, 0.29) is 0 Å². The minimum absolute atomic E-state index is 0.355. The molecule has 1 aliphatic carbocycles. The van der Waals surface area contributed by atoms with Gasteiger partial charge >= 0.3 is 12.1 Å². The van der Waals surface area contributed by atoms with Crippen molar-refractivity contribution in [1.82, 2.24) is 5.32 Å². The van der Waals surface area contributed by atoms with Crippen molar-refractivity contribution >= 4 is 33.6 Å². The highest BCUT2D eigenvalue weighted by molar-refractivity contribution is 9.10. The standard InChI is InChI=1S/C19H22BrNO4/c1-4-21-18(23)24-16-15(14-12(3)9-11(2)10-13(14)20)17(22)25-19(16)7-5-6-8-19/h9-10H,4-8H2,1-3H3,(H,21,23). The van der Waals surface area contributed by atoms with Crippen LogP contribution in [0.3, 0.4) is 0 Å². The second-order valence-electron chi connectivity index (χ2n) is 6.65. The summed E-state index contributed by atoms with van der Waals surface area (Å²) in [4.78, 5) is 24.9. The topological polar surface area (TPSA) is 64.6 Å². The van der Waals surface area contributed by atoms with Gasteiger partial charge in [0.2, 0.25) is 0 Å². The van der Waals surface area contributed by atoms with Crippen LogP contribution in [-0.2, 0) is 14.3 Å². The van der Waals surface area contributed by atoms with Crippen LogP contribution in [-0.4, -0.2) is 24.2 Å². The summed E-state index contributed by atoms with van der Waals surface area (Å²) in [6.07, 6.45) is 2.69. The molecule has 3 rings (SSSR count).